The number of rotatable bonds is 9. The van der Waals surface area contributed by atoms with Gasteiger partial charge in [-0.2, -0.15) is 0 Å². The van der Waals surface area contributed by atoms with Gasteiger partial charge in [0.2, 0.25) is 5.91 Å². The van der Waals surface area contributed by atoms with Crippen LogP contribution in [0.25, 0.3) is 0 Å². The van der Waals surface area contributed by atoms with Crippen molar-refractivity contribution in [1.29, 1.82) is 0 Å². The van der Waals surface area contributed by atoms with Gasteiger partial charge < -0.3 is 29.4 Å². The third-order valence-electron chi connectivity index (χ3n) is 3.67. The molecule has 0 aromatic rings. The molecule has 0 aromatic heterocycles. The van der Waals surface area contributed by atoms with Crippen molar-refractivity contribution in [1.82, 2.24) is 5.32 Å². The van der Waals surface area contributed by atoms with Gasteiger partial charge >= 0.3 is 23.9 Å². The summed E-state index contributed by atoms with van der Waals surface area (Å²) < 4.78 is 21.4. The molecule has 1 fully saturated rings. The van der Waals surface area contributed by atoms with E-state index < -0.39 is 59.6 Å². The fraction of sp³-hybridized carbons (Fsp3) is 0.706. The summed E-state index contributed by atoms with van der Waals surface area (Å²) in [7, 11) is 0. The largest absolute Gasteiger partial charge is 0.481 e. The summed E-state index contributed by atoms with van der Waals surface area (Å²) in [5.41, 5.74) is -0.852. The van der Waals surface area contributed by atoms with Gasteiger partial charge in [0.1, 0.15) is 24.2 Å². The van der Waals surface area contributed by atoms with E-state index in [-0.39, 0.29) is 18.8 Å². The zero-order chi connectivity index (χ0) is 22.1. The Hall–Kier alpha value is -2.34. The Balaban J connectivity index is 3.22. The Bertz CT molecular complexity index is 640. The Morgan fingerprint density at radius 3 is 2.03 bits per heavy atom. The van der Waals surface area contributed by atoms with Crippen molar-refractivity contribution in [2.24, 2.45) is 0 Å². The summed E-state index contributed by atoms with van der Waals surface area (Å²) in [5.74, 6) is -3.32. The van der Waals surface area contributed by atoms with Gasteiger partial charge in [-0.3, -0.25) is 24.0 Å². The molecule has 1 saturated heterocycles. The van der Waals surface area contributed by atoms with E-state index in [1.807, 2.05) is 0 Å². The first kappa shape index (κ1) is 24.7. The number of esters is 3. The molecule has 1 heterocycles. The number of nitrogens with one attached hydrogen (secondary N) is 1. The maximum atomic E-state index is 11.7. The van der Waals surface area contributed by atoms with Crippen molar-refractivity contribution in [3.63, 3.8) is 0 Å². The Kier molecular flexibility index (Phi) is 9.89. The van der Waals surface area contributed by atoms with Gasteiger partial charge in [0.25, 0.3) is 0 Å². The summed E-state index contributed by atoms with van der Waals surface area (Å²) in [5, 5.41) is 11.5. The molecule has 0 saturated carbocycles. The van der Waals surface area contributed by atoms with E-state index in [9.17, 15) is 24.0 Å². The Morgan fingerprint density at radius 1 is 0.966 bits per heavy atom. The molecule has 11 nitrogen and oxygen atoms in total. The highest BCUT2D eigenvalue weighted by Gasteiger charge is 2.50. The number of carboxylic acids is 1. The summed E-state index contributed by atoms with van der Waals surface area (Å²) in [6.07, 6.45) is -3.47. The van der Waals surface area contributed by atoms with Crippen LogP contribution < -0.4 is 5.32 Å². The van der Waals surface area contributed by atoms with Crippen LogP contribution in [0.4, 0.5) is 0 Å². The van der Waals surface area contributed by atoms with Crippen LogP contribution in [0.5, 0.6) is 0 Å². The van der Waals surface area contributed by atoms with Gasteiger partial charge in [0, 0.05) is 33.4 Å². The highest BCUT2D eigenvalue weighted by Crippen LogP contribution is 2.32. The first-order chi connectivity index (χ1) is 13.5. The SMILES string of the molecule is CC(=O)N[C@@H]1[C@@H](OC(C)=O)[C@@H](OC(C)=O)[C@H](COC(C)=O)O[C@@H]1SCCC(=O)O. The van der Waals surface area contributed by atoms with Crippen LogP contribution in [-0.2, 0) is 42.9 Å². The van der Waals surface area contributed by atoms with Crippen molar-refractivity contribution < 1.29 is 48.0 Å². The second-order valence-corrected chi connectivity index (χ2v) is 7.44. The smallest absolute Gasteiger partial charge is 0.304 e. The Morgan fingerprint density at radius 2 is 1.55 bits per heavy atom. The minimum Gasteiger partial charge on any atom is -0.481 e. The van der Waals surface area contributed by atoms with Crippen LogP contribution in [0, 0.1) is 0 Å². The molecule has 0 radical (unpaired) electrons. The number of hydrogen-bond donors (Lipinski definition) is 2. The summed E-state index contributed by atoms with van der Waals surface area (Å²) in [4.78, 5) is 57.0. The maximum Gasteiger partial charge on any atom is 0.304 e. The van der Waals surface area contributed by atoms with Crippen molar-refractivity contribution in [2.45, 2.75) is 63.9 Å². The minimum atomic E-state index is -1.16. The lowest BCUT2D eigenvalue weighted by molar-refractivity contribution is -0.211. The van der Waals surface area contributed by atoms with E-state index in [1.54, 1.807) is 0 Å². The molecule has 0 bridgehead atoms. The lowest BCUT2D eigenvalue weighted by Crippen LogP contribution is -2.65. The topological polar surface area (TPSA) is 155 Å². The normalized spacial score (nSPS) is 26.1. The molecule has 5 atom stereocenters. The Labute approximate surface area is 171 Å². The average molecular weight is 435 g/mol. The van der Waals surface area contributed by atoms with E-state index >= 15 is 0 Å². The van der Waals surface area contributed by atoms with E-state index in [4.69, 9.17) is 24.1 Å². The molecule has 2 N–H and O–H groups in total. The van der Waals surface area contributed by atoms with Gasteiger partial charge in [-0.25, -0.2) is 0 Å². The van der Waals surface area contributed by atoms with Crippen LogP contribution >= 0.6 is 11.8 Å². The quantitative estimate of drug-likeness (QED) is 0.367. The molecule has 0 aliphatic carbocycles. The molecule has 0 spiro atoms. The average Bonchev–Trinajstić information content (AvgIpc) is 2.56. The van der Waals surface area contributed by atoms with Crippen LogP contribution in [0.3, 0.4) is 0 Å². The molecule has 1 aliphatic heterocycles. The van der Waals surface area contributed by atoms with E-state index in [2.05, 4.69) is 5.32 Å². The lowest BCUT2D eigenvalue weighted by atomic mass is 9.97. The molecule has 1 amide bonds. The number of carbonyl (C=O) groups is 5. The molecule has 164 valence electrons. The number of carbonyl (C=O) groups excluding carboxylic acids is 4. The van der Waals surface area contributed by atoms with Crippen LogP contribution in [0.15, 0.2) is 0 Å². The maximum absolute atomic E-state index is 11.7. The zero-order valence-electron chi connectivity index (χ0n) is 16.5. The van der Waals surface area contributed by atoms with Gasteiger partial charge in [0.05, 0.1) is 6.42 Å². The summed E-state index contributed by atoms with van der Waals surface area (Å²) in [6, 6.07) is -0.937. The third-order valence-corrected chi connectivity index (χ3v) is 4.84. The number of aliphatic carboxylic acids is 1. The molecular weight excluding hydrogens is 410 g/mol. The first-order valence-electron chi connectivity index (χ1n) is 8.75. The van der Waals surface area contributed by atoms with Gasteiger partial charge in [-0.15, -0.1) is 11.8 Å². The second-order valence-electron chi connectivity index (χ2n) is 6.23. The van der Waals surface area contributed by atoms with Crippen molar-refractivity contribution in [2.75, 3.05) is 12.4 Å². The molecule has 29 heavy (non-hydrogen) atoms. The number of hydrogen-bond acceptors (Lipinski definition) is 10. The summed E-state index contributed by atoms with van der Waals surface area (Å²) >= 11 is 1.08. The molecule has 0 unspecified atom stereocenters. The first-order valence-corrected chi connectivity index (χ1v) is 9.80. The highest BCUT2D eigenvalue weighted by molar-refractivity contribution is 7.99. The van der Waals surface area contributed by atoms with E-state index in [0.717, 1.165) is 25.6 Å². The molecular formula is C17H25NO10S. The van der Waals surface area contributed by atoms with Gasteiger partial charge in [-0.1, -0.05) is 0 Å². The second kappa shape index (κ2) is 11.6. The van der Waals surface area contributed by atoms with Crippen LogP contribution in [-0.4, -0.2) is 77.0 Å². The number of ether oxygens (including phenoxy) is 4. The standard InChI is InChI=1S/C17H25NO10S/c1-8(19)18-14-16(27-11(4)22)15(26-10(3)21)12(7-25-9(2)20)28-17(14)29-6-5-13(23)24/h12,14-17H,5-7H2,1-4H3,(H,18,19)(H,23,24)/t12-,14+,15-,16+,17+/m0/s1. The molecule has 0 aromatic carbocycles. The van der Waals surface area contributed by atoms with E-state index in [0.29, 0.717) is 0 Å². The lowest BCUT2D eigenvalue weighted by Gasteiger charge is -2.45. The predicted octanol–water partition coefficient (Wildman–Crippen LogP) is -0.150. The fourth-order valence-electron chi connectivity index (χ4n) is 2.70. The van der Waals surface area contributed by atoms with Crippen molar-refractivity contribution >= 4 is 41.5 Å². The van der Waals surface area contributed by atoms with Gasteiger partial charge in [-0.05, 0) is 0 Å². The van der Waals surface area contributed by atoms with Crippen LogP contribution in [0.1, 0.15) is 34.1 Å². The molecule has 1 rings (SSSR count). The van der Waals surface area contributed by atoms with Gasteiger partial charge in [0.15, 0.2) is 12.2 Å². The van der Waals surface area contributed by atoms with E-state index in [1.165, 1.54) is 13.8 Å². The zero-order valence-corrected chi connectivity index (χ0v) is 17.4. The highest BCUT2D eigenvalue weighted by atomic mass is 32.2. The number of carboxylic acid groups (broad SMARTS) is 1. The minimum absolute atomic E-state index is 0.140. The number of amides is 1. The van der Waals surface area contributed by atoms with Crippen LogP contribution in [0.2, 0.25) is 0 Å². The fourth-order valence-corrected chi connectivity index (χ4v) is 3.87. The number of thioether (sulfide) groups is 1. The molecule has 1 aliphatic rings. The third kappa shape index (κ3) is 8.69. The predicted molar refractivity (Wildman–Crippen MR) is 98.7 cm³/mol. The molecule has 12 heteroatoms. The summed E-state index contributed by atoms with van der Waals surface area (Å²) in [6.45, 7) is 4.43. The van der Waals surface area contributed by atoms with Crippen molar-refractivity contribution in [3.8, 4) is 0 Å². The van der Waals surface area contributed by atoms with Crippen molar-refractivity contribution in [3.05, 3.63) is 0 Å². The monoisotopic (exact) mass is 435 g/mol.